The lowest BCUT2D eigenvalue weighted by atomic mass is 10.1. The standard InChI is InChI=1S/C21H23FN2O2/c1-3-24(2)17-10-7-15(8-11-17)19-12-9-16-5-4-6-20(21(16)23-19)26-14-18(25)13-22/h4-12,18,25H,3,13-14H2,1-2H3. The maximum Gasteiger partial charge on any atom is 0.145 e. The number of para-hydroxylation sites is 1. The smallest absolute Gasteiger partial charge is 0.145 e. The van der Waals surface area contributed by atoms with Crippen molar-refractivity contribution >= 4 is 16.6 Å². The van der Waals surface area contributed by atoms with Gasteiger partial charge in [0, 0.05) is 30.2 Å². The molecule has 4 nitrogen and oxygen atoms in total. The topological polar surface area (TPSA) is 45.6 Å². The van der Waals surface area contributed by atoms with Gasteiger partial charge in [-0.3, -0.25) is 0 Å². The monoisotopic (exact) mass is 354 g/mol. The third kappa shape index (κ3) is 3.94. The first kappa shape index (κ1) is 18.1. The Bertz CT molecular complexity index is 868. The maximum atomic E-state index is 12.5. The number of benzene rings is 2. The molecule has 5 heteroatoms. The van der Waals surface area contributed by atoms with Crippen molar-refractivity contribution in [3.05, 3.63) is 54.6 Å². The zero-order chi connectivity index (χ0) is 18.5. The van der Waals surface area contributed by atoms with Gasteiger partial charge >= 0.3 is 0 Å². The van der Waals surface area contributed by atoms with Crippen LogP contribution in [-0.4, -0.2) is 43.1 Å². The molecule has 1 aromatic heterocycles. The van der Waals surface area contributed by atoms with Gasteiger partial charge in [0.1, 0.15) is 30.7 Å². The Morgan fingerprint density at radius 1 is 1.12 bits per heavy atom. The number of hydrogen-bond donors (Lipinski definition) is 1. The number of nitrogens with zero attached hydrogens (tertiary/aromatic N) is 2. The Labute approximate surface area is 152 Å². The third-order valence-corrected chi connectivity index (χ3v) is 4.37. The summed E-state index contributed by atoms with van der Waals surface area (Å²) in [5.41, 5.74) is 3.70. The van der Waals surface area contributed by atoms with E-state index >= 15 is 0 Å². The van der Waals surface area contributed by atoms with E-state index in [0.717, 1.165) is 28.9 Å². The van der Waals surface area contributed by atoms with Gasteiger partial charge in [0.25, 0.3) is 0 Å². The minimum Gasteiger partial charge on any atom is -0.488 e. The van der Waals surface area contributed by atoms with Crippen LogP contribution in [0.1, 0.15) is 6.92 Å². The van der Waals surface area contributed by atoms with Gasteiger partial charge in [-0.1, -0.05) is 30.3 Å². The van der Waals surface area contributed by atoms with Crippen molar-refractivity contribution in [2.24, 2.45) is 0 Å². The van der Waals surface area contributed by atoms with E-state index in [1.165, 1.54) is 0 Å². The highest BCUT2D eigenvalue weighted by Crippen LogP contribution is 2.28. The van der Waals surface area contributed by atoms with Gasteiger partial charge in [-0.05, 0) is 31.2 Å². The van der Waals surface area contributed by atoms with Gasteiger partial charge < -0.3 is 14.7 Å². The fourth-order valence-electron chi connectivity index (χ4n) is 2.70. The lowest BCUT2D eigenvalue weighted by Crippen LogP contribution is -2.19. The van der Waals surface area contributed by atoms with E-state index < -0.39 is 12.8 Å². The molecule has 0 aliphatic rings. The van der Waals surface area contributed by atoms with Crippen LogP contribution in [0.15, 0.2) is 54.6 Å². The average molecular weight is 354 g/mol. The number of anilines is 1. The molecule has 26 heavy (non-hydrogen) atoms. The molecule has 1 unspecified atom stereocenters. The predicted octanol–water partition coefficient (Wildman–Crippen LogP) is 4.07. The van der Waals surface area contributed by atoms with Crippen LogP contribution in [-0.2, 0) is 0 Å². The third-order valence-electron chi connectivity index (χ3n) is 4.37. The van der Waals surface area contributed by atoms with Gasteiger partial charge in [-0.15, -0.1) is 0 Å². The molecule has 1 atom stereocenters. The molecule has 3 aromatic rings. The Hall–Kier alpha value is -2.66. The SMILES string of the molecule is CCN(C)c1ccc(-c2ccc3cccc(OCC(O)CF)c3n2)cc1. The van der Waals surface area contributed by atoms with Crippen LogP contribution in [0.3, 0.4) is 0 Å². The van der Waals surface area contributed by atoms with Crippen LogP contribution in [0.5, 0.6) is 5.75 Å². The van der Waals surface area contributed by atoms with Crippen LogP contribution < -0.4 is 9.64 Å². The van der Waals surface area contributed by atoms with Crippen LogP contribution >= 0.6 is 0 Å². The van der Waals surface area contributed by atoms with Crippen molar-refractivity contribution in [2.45, 2.75) is 13.0 Å². The molecule has 0 aliphatic carbocycles. The first-order valence-electron chi connectivity index (χ1n) is 8.70. The summed E-state index contributed by atoms with van der Waals surface area (Å²) in [6.45, 7) is 2.13. The van der Waals surface area contributed by atoms with E-state index in [4.69, 9.17) is 9.72 Å². The van der Waals surface area contributed by atoms with E-state index in [1.54, 1.807) is 6.07 Å². The number of fused-ring (bicyclic) bond motifs is 1. The van der Waals surface area contributed by atoms with E-state index in [2.05, 4.69) is 31.0 Å². The van der Waals surface area contributed by atoms with Crippen molar-refractivity contribution in [2.75, 3.05) is 31.8 Å². The highest BCUT2D eigenvalue weighted by molar-refractivity contribution is 5.86. The molecule has 0 amide bonds. The second kappa shape index (κ2) is 8.15. The number of pyridine rings is 1. The van der Waals surface area contributed by atoms with E-state index in [0.29, 0.717) is 11.3 Å². The summed E-state index contributed by atoms with van der Waals surface area (Å²) in [6.07, 6.45) is -1.13. The molecular formula is C21H23FN2O2. The Balaban J connectivity index is 1.92. The highest BCUT2D eigenvalue weighted by Gasteiger charge is 2.10. The van der Waals surface area contributed by atoms with Crippen molar-refractivity contribution in [1.82, 2.24) is 4.98 Å². The number of aliphatic hydroxyl groups is 1. The lowest BCUT2D eigenvalue weighted by molar-refractivity contribution is 0.0848. The number of aliphatic hydroxyl groups excluding tert-OH is 1. The zero-order valence-corrected chi connectivity index (χ0v) is 15.0. The van der Waals surface area contributed by atoms with E-state index in [-0.39, 0.29) is 6.61 Å². The normalized spacial score (nSPS) is 12.2. The van der Waals surface area contributed by atoms with Gasteiger partial charge in [0.2, 0.25) is 0 Å². The van der Waals surface area contributed by atoms with E-state index in [9.17, 15) is 9.50 Å². The van der Waals surface area contributed by atoms with E-state index in [1.807, 2.05) is 36.4 Å². The second-order valence-corrected chi connectivity index (χ2v) is 6.20. The average Bonchev–Trinajstić information content (AvgIpc) is 2.71. The van der Waals surface area contributed by atoms with Crippen LogP contribution in [0.4, 0.5) is 10.1 Å². The fraction of sp³-hybridized carbons (Fsp3) is 0.286. The molecule has 0 saturated heterocycles. The van der Waals surface area contributed by atoms with Crippen LogP contribution in [0.2, 0.25) is 0 Å². The molecule has 1 N–H and O–H groups in total. The van der Waals surface area contributed by atoms with Gasteiger partial charge in [0.15, 0.2) is 0 Å². The Morgan fingerprint density at radius 2 is 1.88 bits per heavy atom. The molecule has 0 bridgehead atoms. The predicted molar refractivity (Wildman–Crippen MR) is 104 cm³/mol. The molecule has 136 valence electrons. The molecule has 0 saturated carbocycles. The summed E-state index contributed by atoms with van der Waals surface area (Å²) < 4.78 is 18.0. The largest absolute Gasteiger partial charge is 0.488 e. The second-order valence-electron chi connectivity index (χ2n) is 6.20. The number of hydrogen-bond acceptors (Lipinski definition) is 4. The summed E-state index contributed by atoms with van der Waals surface area (Å²) in [4.78, 5) is 6.90. The first-order chi connectivity index (χ1) is 12.6. The minimum absolute atomic E-state index is 0.0976. The zero-order valence-electron chi connectivity index (χ0n) is 15.0. The summed E-state index contributed by atoms with van der Waals surface area (Å²) in [7, 11) is 2.05. The van der Waals surface area contributed by atoms with Crippen molar-refractivity contribution < 1.29 is 14.2 Å². The number of alkyl halides is 1. The van der Waals surface area contributed by atoms with Gasteiger partial charge in [-0.25, -0.2) is 9.37 Å². The van der Waals surface area contributed by atoms with Crippen molar-refractivity contribution in [3.63, 3.8) is 0 Å². The fourth-order valence-corrected chi connectivity index (χ4v) is 2.70. The summed E-state index contributed by atoms with van der Waals surface area (Å²) in [6, 6.07) is 17.8. The number of aromatic nitrogens is 1. The number of ether oxygens (including phenoxy) is 1. The molecule has 1 heterocycles. The van der Waals surface area contributed by atoms with Gasteiger partial charge in [0.05, 0.1) is 5.69 Å². The summed E-state index contributed by atoms with van der Waals surface area (Å²) in [5.74, 6) is 0.541. The quantitative estimate of drug-likeness (QED) is 0.695. The van der Waals surface area contributed by atoms with Crippen LogP contribution in [0.25, 0.3) is 22.2 Å². The van der Waals surface area contributed by atoms with Crippen molar-refractivity contribution in [1.29, 1.82) is 0 Å². The molecule has 0 aliphatic heterocycles. The highest BCUT2D eigenvalue weighted by atomic mass is 19.1. The molecule has 0 radical (unpaired) electrons. The molecule has 0 fully saturated rings. The van der Waals surface area contributed by atoms with Crippen LogP contribution in [0, 0.1) is 0 Å². The molecular weight excluding hydrogens is 331 g/mol. The lowest BCUT2D eigenvalue weighted by Gasteiger charge is -2.17. The van der Waals surface area contributed by atoms with Crippen molar-refractivity contribution in [3.8, 4) is 17.0 Å². The first-order valence-corrected chi connectivity index (χ1v) is 8.70. The maximum absolute atomic E-state index is 12.5. The number of halogens is 1. The summed E-state index contributed by atoms with van der Waals surface area (Å²) in [5, 5.41) is 10.3. The van der Waals surface area contributed by atoms with Gasteiger partial charge in [-0.2, -0.15) is 0 Å². The summed E-state index contributed by atoms with van der Waals surface area (Å²) >= 11 is 0. The molecule has 0 spiro atoms. The minimum atomic E-state index is -1.13. The number of rotatable bonds is 7. The molecule has 3 rings (SSSR count). The Kier molecular flexibility index (Phi) is 5.68. The molecule has 2 aromatic carbocycles. The Morgan fingerprint density at radius 3 is 2.58 bits per heavy atom.